The molecule has 11 heteroatoms. The topological polar surface area (TPSA) is 155 Å². The van der Waals surface area contributed by atoms with Gasteiger partial charge in [0.05, 0.1) is 43.5 Å². The number of rotatable bonds is 6. The number of ether oxygens (including phenoxy) is 3. The molecule has 1 aromatic carbocycles. The van der Waals surface area contributed by atoms with Crippen molar-refractivity contribution in [1.82, 2.24) is 19.9 Å². The lowest BCUT2D eigenvalue weighted by Crippen LogP contribution is -2.07. The predicted octanol–water partition coefficient (Wildman–Crippen LogP) is 4.72. The van der Waals surface area contributed by atoms with Crippen molar-refractivity contribution < 1.29 is 24.1 Å². The smallest absolute Gasteiger partial charge is 0.409 e. The molecule has 0 unspecified atom stereocenters. The Kier molecular flexibility index (Phi) is 5.79. The fourth-order valence-corrected chi connectivity index (χ4v) is 3.78. The highest BCUT2D eigenvalue weighted by Crippen LogP contribution is 2.37. The number of nitrogen functional groups attached to an aromatic ring is 1. The van der Waals surface area contributed by atoms with Crippen LogP contribution >= 0.6 is 0 Å². The van der Waals surface area contributed by atoms with Crippen LogP contribution in [0.1, 0.15) is 0 Å². The number of nitrogens with two attached hydrogens (primary N) is 1. The van der Waals surface area contributed by atoms with Gasteiger partial charge in [-0.1, -0.05) is 0 Å². The van der Waals surface area contributed by atoms with E-state index >= 15 is 0 Å². The molecule has 0 fully saturated rings. The van der Waals surface area contributed by atoms with Gasteiger partial charge in [0.15, 0.2) is 11.5 Å². The standard InChI is InChI=1S/C25H20N6O5/c1-34-21-7-17-16-6-19(31-24(26)18(16)12-28-20(17)8-22(21)35-2)13-5-15(11-27-9-13)36-23-4-3-14(10-29-23)30-25(32)33/h3-12,30H,1-2H3,(H2,26,31)(H,32,33). The van der Waals surface area contributed by atoms with E-state index in [2.05, 4.69) is 25.3 Å². The van der Waals surface area contributed by atoms with Gasteiger partial charge in [0.25, 0.3) is 0 Å². The molecule has 0 saturated heterocycles. The first kappa shape index (κ1) is 22.6. The number of benzene rings is 1. The van der Waals surface area contributed by atoms with Crippen molar-refractivity contribution in [1.29, 1.82) is 0 Å². The van der Waals surface area contributed by atoms with E-state index in [0.29, 0.717) is 45.4 Å². The molecule has 5 aromatic rings. The van der Waals surface area contributed by atoms with Gasteiger partial charge in [0.2, 0.25) is 5.88 Å². The minimum absolute atomic E-state index is 0.272. The minimum atomic E-state index is -1.18. The number of fused-ring (bicyclic) bond motifs is 3. The number of nitrogens with zero attached hydrogens (tertiary/aromatic N) is 4. The zero-order valence-electron chi connectivity index (χ0n) is 19.2. The van der Waals surface area contributed by atoms with E-state index in [1.165, 1.54) is 12.4 Å². The zero-order chi connectivity index (χ0) is 25.2. The van der Waals surface area contributed by atoms with Crippen LogP contribution in [0.2, 0.25) is 0 Å². The first-order valence-electron chi connectivity index (χ1n) is 10.7. The summed E-state index contributed by atoms with van der Waals surface area (Å²) < 4.78 is 16.7. The van der Waals surface area contributed by atoms with E-state index in [1.807, 2.05) is 18.2 Å². The monoisotopic (exact) mass is 484 g/mol. The van der Waals surface area contributed by atoms with Crippen molar-refractivity contribution in [3.8, 4) is 34.4 Å². The maximum Gasteiger partial charge on any atom is 0.409 e. The maximum absolute atomic E-state index is 10.7. The number of nitrogens with one attached hydrogen (secondary N) is 1. The molecule has 0 radical (unpaired) electrons. The molecule has 4 N–H and O–H groups in total. The van der Waals surface area contributed by atoms with Crippen molar-refractivity contribution in [2.45, 2.75) is 0 Å². The van der Waals surface area contributed by atoms with Crippen molar-refractivity contribution >= 4 is 39.3 Å². The van der Waals surface area contributed by atoms with Crippen LogP contribution in [0.15, 0.2) is 61.2 Å². The minimum Gasteiger partial charge on any atom is -0.493 e. The number of pyridine rings is 4. The second-order valence-corrected chi connectivity index (χ2v) is 7.66. The molecule has 0 aliphatic carbocycles. The summed E-state index contributed by atoms with van der Waals surface area (Å²) in [6.07, 6.45) is 5.05. The van der Waals surface area contributed by atoms with Crippen LogP contribution in [-0.2, 0) is 0 Å². The van der Waals surface area contributed by atoms with Crippen molar-refractivity contribution in [2.24, 2.45) is 0 Å². The Balaban J connectivity index is 1.53. The fraction of sp³-hybridized carbons (Fsp3) is 0.0800. The van der Waals surface area contributed by atoms with E-state index in [0.717, 1.165) is 16.3 Å². The number of hydrogen-bond donors (Lipinski definition) is 3. The second kappa shape index (κ2) is 9.22. The molecule has 5 rings (SSSR count). The van der Waals surface area contributed by atoms with Crippen LogP contribution in [0.4, 0.5) is 16.3 Å². The quantitative estimate of drug-likeness (QED) is 0.288. The molecule has 0 saturated carbocycles. The molecule has 0 aliphatic heterocycles. The number of carboxylic acid groups (broad SMARTS) is 1. The summed E-state index contributed by atoms with van der Waals surface area (Å²) in [5, 5.41) is 13.4. The number of aromatic nitrogens is 4. The summed E-state index contributed by atoms with van der Waals surface area (Å²) in [6.45, 7) is 0. The Morgan fingerprint density at radius 3 is 2.44 bits per heavy atom. The predicted molar refractivity (Wildman–Crippen MR) is 134 cm³/mol. The Morgan fingerprint density at radius 1 is 0.917 bits per heavy atom. The lowest BCUT2D eigenvalue weighted by Gasteiger charge is -2.12. The molecule has 36 heavy (non-hydrogen) atoms. The van der Waals surface area contributed by atoms with Crippen molar-refractivity contribution in [3.63, 3.8) is 0 Å². The average molecular weight is 484 g/mol. The highest BCUT2D eigenvalue weighted by molar-refractivity contribution is 6.10. The van der Waals surface area contributed by atoms with Crippen LogP contribution in [0.25, 0.3) is 32.9 Å². The van der Waals surface area contributed by atoms with Gasteiger partial charge in [-0.05, 0) is 29.7 Å². The van der Waals surface area contributed by atoms with E-state index in [-0.39, 0.29) is 5.88 Å². The third-order valence-corrected chi connectivity index (χ3v) is 5.43. The Morgan fingerprint density at radius 2 is 1.72 bits per heavy atom. The first-order valence-corrected chi connectivity index (χ1v) is 10.7. The van der Waals surface area contributed by atoms with Gasteiger partial charge < -0.3 is 25.1 Å². The van der Waals surface area contributed by atoms with Crippen LogP contribution in [0, 0.1) is 0 Å². The number of hydrogen-bond acceptors (Lipinski definition) is 9. The average Bonchev–Trinajstić information content (AvgIpc) is 2.88. The van der Waals surface area contributed by atoms with Gasteiger partial charge in [0, 0.05) is 40.9 Å². The maximum atomic E-state index is 10.7. The normalized spacial score (nSPS) is 10.8. The third-order valence-electron chi connectivity index (χ3n) is 5.43. The lowest BCUT2D eigenvalue weighted by atomic mass is 10.0. The molecule has 1 amide bonds. The second-order valence-electron chi connectivity index (χ2n) is 7.66. The van der Waals surface area contributed by atoms with Crippen molar-refractivity contribution in [3.05, 3.63) is 61.2 Å². The van der Waals surface area contributed by atoms with Crippen LogP contribution in [0.3, 0.4) is 0 Å². The molecule has 4 aromatic heterocycles. The van der Waals surface area contributed by atoms with Gasteiger partial charge >= 0.3 is 6.09 Å². The van der Waals surface area contributed by atoms with E-state index < -0.39 is 6.09 Å². The molecule has 0 bridgehead atoms. The van der Waals surface area contributed by atoms with E-state index in [1.54, 1.807) is 44.8 Å². The van der Waals surface area contributed by atoms with Crippen LogP contribution in [0.5, 0.6) is 23.1 Å². The summed E-state index contributed by atoms with van der Waals surface area (Å²) in [5.74, 6) is 2.17. The number of amides is 1. The Labute approximate surface area is 204 Å². The lowest BCUT2D eigenvalue weighted by molar-refractivity contribution is 0.209. The molecule has 180 valence electrons. The van der Waals surface area contributed by atoms with Gasteiger partial charge in [-0.15, -0.1) is 0 Å². The summed E-state index contributed by atoms with van der Waals surface area (Å²) in [7, 11) is 3.15. The molecule has 0 spiro atoms. The molecule has 0 atom stereocenters. The van der Waals surface area contributed by atoms with Gasteiger partial charge in [-0.2, -0.15) is 0 Å². The molecular formula is C25H20N6O5. The molecule has 4 heterocycles. The number of anilines is 2. The SMILES string of the molecule is COc1cc2ncc3c(N)nc(-c4cncc(Oc5ccc(NC(=O)O)cn5)c4)cc3c2cc1OC. The highest BCUT2D eigenvalue weighted by atomic mass is 16.5. The first-order chi connectivity index (χ1) is 17.4. The van der Waals surface area contributed by atoms with Gasteiger partial charge in [-0.25, -0.2) is 14.8 Å². The molecule has 11 nitrogen and oxygen atoms in total. The van der Waals surface area contributed by atoms with E-state index in [9.17, 15) is 4.79 Å². The summed E-state index contributed by atoms with van der Waals surface area (Å²) in [4.78, 5) is 28.2. The largest absolute Gasteiger partial charge is 0.493 e. The Hall–Kier alpha value is -5.19. The highest BCUT2D eigenvalue weighted by Gasteiger charge is 2.14. The third kappa shape index (κ3) is 4.32. The molecule has 0 aliphatic rings. The number of carbonyl (C=O) groups is 1. The van der Waals surface area contributed by atoms with Crippen molar-refractivity contribution in [2.75, 3.05) is 25.3 Å². The van der Waals surface area contributed by atoms with E-state index in [4.69, 9.17) is 25.1 Å². The summed E-state index contributed by atoms with van der Waals surface area (Å²) >= 11 is 0. The summed E-state index contributed by atoms with van der Waals surface area (Å²) in [6, 6.07) is 10.4. The zero-order valence-corrected chi connectivity index (χ0v) is 19.2. The van der Waals surface area contributed by atoms with Gasteiger partial charge in [0.1, 0.15) is 11.6 Å². The fourth-order valence-electron chi connectivity index (χ4n) is 3.78. The molecular weight excluding hydrogens is 464 g/mol. The Bertz CT molecular complexity index is 1610. The van der Waals surface area contributed by atoms with Crippen LogP contribution in [-0.4, -0.2) is 45.4 Å². The van der Waals surface area contributed by atoms with Gasteiger partial charge in [-0.3, -0.25) is 15.3 Å². The number of methoxy groups -OCH3 is 2. The summed E-state index contributed by atoms with van der Waals surface area (Å²) in [5.41, 5.74) is 8.62. The van der Waals surface area contributed by atoms with Crippen LogP contribution < -0.4 is 25.3 Å².